The smallest absolute Gasteiger partial charge is 0.180 e. The van der Waals surface area contributed by atoms with Crippen molar-refractivity contribution in [1.82, 2.24) is 4.98 Å². The maximum absolute atomic E-state index is 5.99. The van der Waals surface area contributed by atoms with Crippen LogP contribution in [-0.2, 0) is 4.74 Å². The summed E-state index contributed by atoms with van der Waals surface area (Å²) in [6, 6.07) is 8.63. The highest BCUT2D eigenvalue weighted by Gasteiger charge is 2.36. The SMILES string of the molecule is Nc1nc(-c2cccc(C3=CCC4(CCCO4)CC3)c2)cs1. The van der Waals surface area contributed by atoms with E-state index in [1.807, 2.05) is 5.38 Å². The molecule has 114 valence electrons. The van der Waals surface area contributed by atoms with Crippen molar-refractivity contribution in [1.29, 1.82) is 0 Å². The van der Waals surface area contributed by atoms with Gasteiger partial charge in [0.1, 0.15) is 0 Å². The summed E-state index contributed by atoms with van der Waals surface area (Å²) in [6.45, 7) is 0.934. The number of hydrogen-bond acceptors (Lipinski definition) is 4. The molecular formula is C18H20N2OS. The number of thiazole rings is 1. The fourth-order valence-electron chi connectivity index (χ4n) is 3.55. The highest BCUT2D eigenvalue weighted by Crippen LogP contribution is 2.41. The van der Waals surface area contributed by atoms with Crippen LogP contribution in [0.2, 0.25) is 0 Å². The van der Waals surface area contributed by atoms with Gasteiger partial charge in [-0.1, -0.05) is 24.3 Å². The third kappa shape index (κ3) is 2.57. The van der Waals surface area contributed by atoms with E-state index in [0.29, 0.717) is 5.13 Å². The van der Waals surface area contributed by atoms with E-state index in [-0.39, 0.29) is 5.60 Å². The summed E-state index contributed by atoms with van der Waals surface area (Å²) in [5, 5.41) is 2.64. The number of aromatic nitrogens is 1. The molecule has 1 unspecified atom stereocenters. The summed E-state index contributed by atoms with van der Waals surface area (Å²) < 4.78 is 5.99. The molecule has 4 heteroatoms. The lowest BCUT2D eigenvalue weighted by Gasteiger charge is -2.32. The Morgan fingerprint density at radius 1 is 1.23 bits per heavy atom. The zero-order valence-electron chi connectivity index (χ0n) is 12.5. The van der Waals surface area contributed by atoms with Crippen LogP contribution in [0.25, 0.3) is 16.8 Å². The van der Waals surface area contributed by atoms with Crippen LogP contribution in [0.15, 0.2) is 35.7 Å². The summed E-state index contributed by atoms with van der Waals surface area (Å²) in [5.41, 5.74) is 10.7. The predicted molar refractivity (Wildman–Crippen MR) is 91.7 cm³/mol. The molecule has 0 amide bonds. The first kappa shape index (κ1) is 14.0. The van der Waals surface area contributed by atoms with Gasteiger partial charge in [0.05, 0.1) is 11.3 Å². The highest BCUT2D eigenvalue weighted by molar-refractivity contribution is 7.13. The second-order valence-electron chi connectivity index (χ2n) is 6.22. The second-order valence-corrected chi connectivity index (χ2v) is 7.11. The van der Waals surface area contributed by atoms with Gasteiger partial charge < -0.3 is 10.5 Å². The van der Waals surface area contributed by atoms with Crippen LogP contribution in [0.3, 0.4) is 0 Å². The van der Waals surface area contributed by atoms with E-state index in [9.17, 15) is 0 Å². The van der Waals surface area contributed by atoms with E-state index in [1.165, 1.54) is 35.3 Å². The molecule has 0 radical (unpaired) electrons. The van der Waals surface area contributed by atoms with E-state index in [1.54, 1.807) is 0 Å². The molecule has 1 spiro atoms. The minimum Gasteiger partial charge on any atom is -0.375 e. The maximum Gasteiger partial charge on any atom is 0.180 e. The molecule has 22 heavy (non-hydrogen) atoms. The number of anilines is 1. The first-order chi connectivity index (χ1) is 10.7. The monoisotopic (exact) mass is 312 g/mol. The van der Waals surface area contributed by atoms with Gasteiger partial charge in [-0.2, -0.15) is 0 Å². The molecule has 1 aliphatic heterocycles. The third-order valence-electron chi connectivity index (χ3n) is 4.81. The standard InChI is InChI=1S/C18H20N2OS/c19-17-20-16(12-22-17)15-4-1-3-14(11-15)13-5-8-18(9-6-13)7-2-10-21-18/h1,3-5,11-12H,2,6-10H2,(H2,19,20). The number of nitrogen functional groups attached to an aromatic ring is 1. The van der Waals surface area contributed by atoms with Gasteiger partial charge in [0.15, 0.2) is 5.13 Å². The quantitative estimate of drug-likeness (QED) is 0.887. The van der Waals surface area contributed by atoms with Crippen LogP contribution < -0.4 is 5.73 Å². The number of nitrogens with two attached hydrogens (primary N) is 1. The Balaban J connectivity index is 1.59. The molecule has 1 fully saturated rings. The number of ether oxygens (including phenoxy) is 1. The van der Waals surface area contributed by atoms with Crippen LogP contribution in [-0.4, -0.2) is 17.2 Å². The number of benzene rings is 1. The van der Waals surface area contributed by atoms with Gasteiger partial charge in [0.25, 0.3) is 0 Å². The van der Waals surface area contributed by atoms with Crippen molar-refractivity contribution in [3.63, 3.8) is 0 Å². The molecule has 1 aromatic carbocycles. The second kappa shape index (κ2) is 5.52. The summed E-state index contributed by atoms with van der Waals surface area (Å²) >= 11 is 1.49. The van der Waals surface area contributed by atoms with Crippen LogP contribution in [0.4, 0.5) is 5.13 Å². The molecule has 4 rings (SSSR count). The van der Waals surface area contributed by atoms with E-state index in [4.69, 9.17) is 10.5 Å². The third-order valence-corrected chi connectivity index (χ3v) is 5.48. The van der Waals surface area contributed by atoms with Crippen LogP contribution in [0, 0.1) is 0 Å². The average molecular weight is 312 g/mol. The number of allylic oxidation sites excluding steroid dienone is 1. The summed E-state index contributed by atoms with van der Waals surface area (Å²) in [5.74, 6) is 0. The predicted octanol–water partition coefficient (Wildman–Crippen LogP) is 4.51. The summed E-state index contributed by atoms with van der Waals surface area (Å²) in [4.78, 5) is 4.38. The number of rotatable bonds is 2. The molecular weight excluding hydrogens is 292 g/mol. The Morgan fingerprint density at radius 3 is 2.82 bits per heavy atom. The summed E-state index contributed by atoms with van der Waals surface area (Å²) in [6.07, 6.45) is 8.10. The van der Waals surface area contributed by atoms with E-state index in [2.05, 4.69) is 35.3 Å². The molecule has 1 aliphatic carbocycles. The largest absolute Gasteiger partial charge is 0.375 e. The Morgan fingerprint density at radius 2 is 2.14 bits per heavy atom. The van der Waals surface area contributed by atoms with E-state index < -0.39 is 0 Å². The zero-order valence-corrected chi connectivity index (χ0v) is 13.4. The van der Waals surface area contributed by atoms with Crippen molar-refractivity contribution >= 4 is 22.0 Å². The Kier molecular flexibility index (Phi) is 3.51. The lowest BCUT2D eigenvalue weighted by atomic mass is 9.81. The van der Waals surface area contributed by atoms with Gasteiger partial charge in [-0.3, -0.25) is 0 Å². The topological polar surface area (TPSA) is 48.1 Å². The Hall–Kier alpha value is -1.65. The lowest BCUT2D eigenvalue weighted by molar-refractivity contribution is -0.00158. The van der Waals surface area contributed by atoms with Crippen molar-refractivity contribution in [3.8, 4) is 11.3 Å². The molecule has 2 N–H and O–H groups in total. The molecule has 0 saturated carbocycles. The maximum atomic E-state index is 5.99. The fraction of sp³-hybridized carbons (Fsp3) is 0.389. The zero-order chi connectivity index (χ0) is 15.0. The van der Waals surface area contributed by atoms with Gasteiger partial charge in [-0.05, 0) is 49.3 Å². The molecule has 1 atom stereocenters. The van der Waals surface area contributed by atoms with Gasteiger partial charge in [-0.15, -0.1) is 11.3 Å². The molecule has 1 saturated heterocycles. The minimum absolute atomic E-state index is 0.143. The van der Waals surface area contributed by atoms with Gasteiger partial charge in [0.2, 0.25) is 0 Å². The fourth-order valence-corrected chi connectivity index (χ4v) is 4.12. The van der Waals surface area contributed by atoms with Crippen molar-refractivity contribution in [2.45, 2.75) is 37.7 Å². The Bertz CT molecular complexity index is 713. The van der Waals surface area contributed by atoms with Crippen LogP contribution in [0.5, 0.6) is 0 Å². The number of nitrogens with zero attached hydrogens (tertiary/aromatic N) is 1. The molecule has 2 aromatic rings. The first-order valence-corrected chi connectivity index (χ1v) is 8.77. The van der Waals surface area contributed by atoms with Crippen LogP contribution >= 0.6 is 11.3 Å². The van der Waals surface area contributed by atoms with Crippen molar-refractivity contribution in [3.05, 3.63) is 41.3 Å². The molecule has 3 nitrogen and oxygen atoms in total. The first-order valence-electron chi connectivity index (χ1n) is 7.89. The van der Waals surface area contributed by atoms with Crippen molar-refractivity contribution < 1.29 is 4.74 Å². The normalized spacial score (nSPS) is 24.6. The minimum atomic E-state index is 0.143. The number of hydrogen-bond donors (Lipinski definition) is 1. The van der Waals surface area contributed by atoms with Crippen molar-refractivity contribution in [2.24, 2.45) is 0 Å². The van der Waals surface area contributed by atoms with E-state index >= 15 is 0 Å². The average Bonchev–Trinajstić information content (AvgIpc) is 3.18. The lowest BCUT2D eigenvalue weighted by Crippen LogP contribution is -2.29. The van der Waals surface area contributed by atoms with Gasteiger partial charge >= 0.3 is 0 Å². The molecule has 1 aromatic heterocycles. The molecule has 2 heterocycles. The van der Waals surface area contributed by atoms with E-state index in [0.717, 1.165) is 37.1 Å². The highest BCUT2D eigenvalue weighted by atomic mass is 32.1. The Labute approximate surface area is 134 Å². The molecule has 2 aliphatic rings. The summed E-state index contributed by atoms with van der Waals surface area (Å²) in [7, 11) is 0. The van der Waals surface area contributed by atoms with Gasteiger partial charge in [-0.25, -0.2) is 4.98 Å². The van der Waals surface area contributed by atoms with Gasteiger partial charge in [0, 0.05) is 17.6 Å². The van der Waals surface area contributed by atoms with Crippen molar-refractivity contribution in [2.75, 3.05) is 12.3 Å². The molecule has 0 bridgehead atoms. The van der Waals surface area contributed by atoms with Crippen LogP contribution in [0.1, 0.15) is 37.7 Å².